The lowest BCUT2D eigenvalue weighted by Gasteiger charge is -2.16. The normalized spacial score (nSPS) is 11.6. The van der Waals surface area contributed by atoms with Crippen molar-refractivity contribution < 1.29 is 28.1 Å². The third-order valence-electron chi connectivity index (χ3n) is 5.01. The lowest BCUT2D eigenvalue weighted by atomic mass is 10.1. The SMILES string of the molecule is COc1ccc([N+](=O)[O-])cc1N=Nc1c([S+](=O)(O)O)cc2ccc(Nc3ccccc3)cc2c1[O-]. The zero-order valence-electron chi connectivity index (χ0n) is 18.1. The number of rotatable bonds is 7. The Kier molecular flexibility index (Phi) is 6.42. The van der Waals surface area contributed by atoms with Gasteiger partial charge in [-0.25, -0.2) is 0 Å². The number of nitro benzene ring substituents is 1. The van der Waals surface area contributed by atoms with E-state index in [1.54, 1.807) is 12.1 Å². The average Bonchev–Trinajstić information content (AvgIpc) is 2.83. The maximum atomic E-state index is 13.3. The summed E-state index contributed by atoms with van der Waals surface area (Å²) in [7, 11) is -3.29. The molecule has 0 spiro atoms. The average molecular weight is 494 g/mol. The number of nitrogens with one attached hydrogen (secondary N) is 1. The molecule has 11 nitrogen and oxygen atoms in total. The molecule has 3 N–H and O–H groups in total. The fourth-order valence-electron chi connectivity index (χ4n) is 3.37. The molecule has 0 heterocycles. The first-order valence-corrected chi connectivity index (χ1v) is 11.5. The molecule has 0 fully saturated rings. The van der Waals surface area contributed by atoms with Crippen LogP contribution in [0.2, 0.25) is 0 Å². The summed E-state index contributed by atoms with van der Waals surface area (Å²) in [6.45, 7) is 0. The van der Waals surface area contributed by atoms with E-state index in [9.17, 15) is 28.5 Å². The van der Waals surface area contributed by atoms with Crippen molar-refractivity contribution in [3.05, 3.63) is 82.9 Å². The summed E-state index contributed by atoms with van der Waals surface area (Å²) >= 11 is 0. The van der Waals surface area contributed by atoms with Gasteiger partial charge in [0.15, 0.2) is 0 Å². The number of nitro groups is 1. The molecule has 0 aliphatic rings. The van der Waals surface area contributed by atoms with Gasteiger partial charge in [-0.3, -0.25) is 10.1 Å². The molecule has 0 saturated carbocycles. The van der Waals surface area contributed by atoms with E-state index in [4.69, 9.17) is 4.74 Å². The fourth-order valence-corrected chi connectivity index (χ4v) is 4.03. The number of para-hydroxylation sites is 1. The first-order valence-electron chi connectivity index (χ1n) is 10.0. The van der Waals surface area contributed by atoms with E-state index in [1.807, 2.05) is 30.3 Å². The molecule has 12 heteroatoms. The van der Waals surface area contributed by atoms with Crippen LogP contribution in [0.1, 0.15) is 0 Å². The quantitative estimate of drug-likeness (QED) is 0.125. The summed E-state index contributed by atoms with van der Waals surface area (Å²) in [5.74, 6) is -0.643. The van der Waals surface area contributed by atoms with Crippen molar-refractivity contribution in [3.63, 3.8) is 0 Å². The minimum atomic E-state index is -4.61. The van der Waals surface area contributed by atoms with Crippen LogP contribution in [0.5, 0.6) is 11.5 Å². The van der Waals surface area contributed by atoms with E-state index in [0.717, 1.165) is 11.8 Å². The van der Waals surface area contributed by atoms with Crippen LogP contribution in [0, 0.1) is 10.1 Å². The smallest absolute Gasteiger partial charge is 0.388 e. The van der Waals surface area contributed by atoms with Crippen molar-refractivity contribution in [2.45, 2.75) is 4.90 Å². The van der Waals surface area contributed by atoms with Gasteiger partial charge >= 0.3 is 10.5 Å². The highest BCUT2D eigenvalue weighted by Gasteiger charge is 2.31. The number of ether oxygens (including phenoxy) is 1. The fraction of sp³-hybridized carbons (Fsp3) is 0.0435. The van der Waals surface area contributed by atoms with E-state index in [1.165, 1.54) is 31.4 Å². The molecule has 0 aliphatic heterocycles. The van der Waals surface area contributed by atoms with E-state index < -0.39 is 31.8 Å². The largest absolute Gasteiger partial charge is 0.870 e. The second-order valence-corrected chi connectivity index (χ2v) is 8.72. The zero-order chi connectivity index (χ0) is 25.2. The highest BCUT2D eigenvalue weighted by molar-refractivity contribution is 7.92. The Morgan fingerprint density at radius 1 is 0.971 bits per heavy atom. The molecule has 0 atom stereocenters. The highest BCUT2D eigenvalue weighted by Crippen LogP contribution is 2.42. The lowest BCUT2D eigenvalue weighted by Crippen LogP contribution is -2.09. The molecule has 0 amide bonds. The van der Waals surface area contributed by atoms with Crippen LogP contribution in [-0.4, -0.2) is 21.1 Å². The van der Waals surface area contributed by atoms with Crippen LogP contribution in [0.4, 0.5) is 28.4 Å². The van der Waals surface area contributed by atoms with Gasteiger partial charge in [0.2, 0.25) is 0 Å². The summed E-state index contributed by atoms with van der Waals surface area (Å²) in [4.78, 5) is 9.83. The minimum Gasteiger partial charge on any atom is -0.870 e. The van der Waals surface area contributed by atoms with Crippen molar-refractivity contribution in [2.75, 3.05) is 12.4 Å². The Balaban J connectivity index is 1.85. The van der Waals surface area contributed by atoms with E-state index in [-0.39, 0.29) is 22.5 Å². The van der Waals surface area contributed by atoms with E-state index >= 15 is 0 Å². The van der Waals surface area contributed by atoms with Crippen molar-refractivity contribution in [3.8, 4) is 11.5 Å². The van der Waals surface area contributed by atoms with Crippen LogP contribution < -0.4 is 15.2 Å². The predicted octanol–water partition coefficient (Wildman–Crippen LogP) is 5.79. The molecule has 0 aliphatic carbocycles. The number of benzene rings is 4. The number of azo groups is 1. The number of hydrogen-bond donors (Lipinski definition) is 3. The second-order valence-electron chi connectivity index (χ2n) is 7.29. The first kappa shape index (κ1) is 23.8. The number of nitrogens with zero attached hydrogens (tertiary/aromatic N) is 3. The standard InChI is InChI=1S/C23H18N4O7S/c1-34-20-10-9-17(27(29)30)13-19(20)25-26-22-21(35(31,32)33)11-14-7-8-16(12-18(14)23(22)28)24-15-5-3-2-4-6-15/h2-13H,1H3,(H3-,24,25,26,28,31,32,33). The summed E-state index contributed by atoms with van der Waals surface area (Å²) in [6, 6.07) is 18.7. The Morgan fingerprint density at radius 2 is 1.71 bits per heavy atom. The zero-order valence-corrected chi connectivity index (χ0v) is 18.9. The van der Waals surface area contributed by atoms with Crippen LogP contribution >= 0.6 is 0 Å². The molecular formula is C23H18N4O7S. The van der Waals surface area contributed by atoms with Crippen molar-refractivity contribution >= 4 is 49.7 Å². The second kappa shape index (κ2) is 9.46. The number of hydrogen-bond acceptors (Lipinski definition) is 8. The molecule has 4 rings (SSSR count). The van der Waals surface area contributed by atoms with Crippen LogP contribution in [-0.2, 0) is 14.7 Å². The molecule has 4 aromatic carbocycles. The Morgan fingerprint density at radius 3 is 2.37 bits per heavy atom. The van der Waals surface area contributed by atoms with Gasteiger partial charge in [-0.05, 0) is 45.3 Å². The van der Waals surface area contributed by atoms with Crippen LogP contribution in [0.15, 0.2) is 87.9 Å². The molecular weight excluding hydrogens is 476 g/mol. The third kappa shape index (κ3) is 5.09. The topological polar surface area (TPSA) is 170 Å². The molecule has 0 radical (unpaired) electrons. The Labute approximate surface area is 199 Å². The first-order chi connectivity index (χ1) is 16.7. The van der Waals surface area contributed by atoms with Gasteiger partial charge in [0.05, 0.1) is 12.0 Å². The molecule has 178 valence electrons. The number of anilines is 2. The van der Waals surface area contributed by atoms with Crippen LogP contribution in [0.25, 0.3) is 10.8 Å². The number of fused-ring (bicyclic) bond motifs is 1. The number of non-ortho nitro benzene ring substituents is 1. The number of methoxy groups -OCH3 is 1. The highest BCUT2D eigenvalue weighted by atomic mass is 32.3. The van der Waals surface area contributed by atoms with Gasteiger partial charge in [0.25, 0.3) is 10.6 Å². The van der Waals surface area contributed by atoms with Gasteiger partial charge in [-0.2, -0.15) is 9.11 Å². The maximum Gasteiger partial charge on any atom is 0.388 e. The predicted molar refractivity (Wildman–Crippen MR) is 129 cm³/mol. The molecule has 0 bridgehead atoms. The Hall–Kier alpha value is -4.39. The van der Waals surface area contributed by atoms with Gasteiger partial charge in [0.1, 0.15) is 17.1 Å². The molecule has 4 aromatic rings. The summed E-state index contributed by atoms with van der Waals surface area (Å²) in [5.41, 5.74) is 0.380. The van der Waals surface area contributed by atoms with Crippen molar-refractivity contribution in [2.24, 2.45) is 10.2 Å². The van der Waals surface area contributed by atoms with Gasteiger partial charge in [-0.1, -0.05) is 30.0 Å². The third-order valence-corrected chi connectivity index (χ3v) is 5.90. The van der Waals surface area contributed by atoms with Crippen molar-refractivity contribution in [1.82, 2.24) is 0 Å². The van der Waals surface area contributed by atoms with Gasteiger partial charge in [-0.15, -0.1) is 10.2 Å². The maximum absolute atomic E-state index is 13.3. The monoisotopic (exact) mass is 494 g/mol. The summed E-state index contributed by atoms with van der Waals surface area (Å²) < 4.78 is 36.9. The van der Waals surface area contributed by atoms with Crippen molar-refractivity contribution in [1.29, 1.82) is 0 Å². The Bertz CT molecular complexity index is 1500. The van der Waals surface area contributed by atoms with Gasteiger partial charge < -0.3 is 15.2 Å². The van der Waals surface area contributed by atoms with Gasteiger partial charge in [0, 0.05) is 29.6 Å². The minimum absolute atomic E-state index is 0.0889. The van der Waals surface area contributed by atoms with E-state index in [2.05, 4.69) is 15.5 Å². The summed E-state index contributed by atoms with van der Waals surface area (Å²) in [6.07, 6.45) is 0. The molecule has 0 saturated heterocycles. The lowest BCUT2D eigenvalue weighted by molar-refractivity contribution is -0.384. The molecule has 0 aromatic heterocycles. The van der Waals surface area contributed by atoms with Crippen LogP contribution in [0.3, 0.4) is 0 Å². The van der Waals surface area contributed by atoms with E-state index in [0.29, 0.717) is 11.1 Å². The molecule has 35 heavy (non-hydrogen) atoms. The molecule has 0 unspecified atom stereocenters. The summed E-state index contributed by atoms with van der Waals surface area (Å²) in [5, 5.41) is 35.6.